The lowest BCUT2D eigenvalue weighted by molar-refractivity contribution is -0.137. The summed E-state index contributed by atoms with van der Waals surface area (Å²) in [7, 11) is 0. The molecule has 1 aliphatic carbocycles. The van der Waals surface area contributed by atoms with E-state index in [1.807, 2.05) is 0 Å². The van der Waals surface area contributed by atoms with Gasteiger partial charge in [-0.1, -0.05) is 19.3 Å². The molecule has 0 aliphatic heterocycles. The summed E-state index contributed by atoms with van der Waals surface area (Å²) in [6.07, 6.45) is 7.02. The summed E-state index contributed by atoms with van der Waals surface area (Å²) in [5.74, 6) is 0.110. The Morgan fingerprint density at radius 2 is 1.94 bits per heavy atom. The third-order valence-corrected chi connectivity index (χ3v) is 3.56. The molecule has 3 nitrogen and oxygen atoms in total. The van der Waals surface area contributed by atoms with Gasteiger partial charge in [-0.3, -0.25) is 4.79 Å². The minimum Gasteiger partial charge on any atom is -0.481 e. The lowest BCUT2D eigenvalue weighted by atomic mass is 9.88. The minimum atomic E-state index is -0.686. The molecule has 0 amide bonds. The second-order valence-corrected chi connectivity index (χ2v) is 5.24. The maximum absolute atomic E-state index is 10.6. The van der Waals surface area contributed by atoms with Gasteiger partial charge in [-0.15, -0.1) is 0 Å². The van der Waals surface area contributed by atoms with Crippen molar-refractivity contribution in [2.45, 2.75) is 58.4 Å². The van der Waals surface area contributed by atoms with Crippen LogP contribution in [0.5, 0.6) is 0 Å². The Hall–Kier alpha value is -0.570. The van der Waals surface area contributed by atoms with Crippen molar-refractivity contribution in [3.63, 3.8) is 0 Å². The molecule has 16 heavy (non-hydrogen) atoms. The largest absolute Gasteiger partial charge is 0.481 e. The van der Waals surface area contributed by atoms with Crippen molar-refractivity contribution in [2.24, 2.45) is 5.92 Å². The molecular weight excluding hydrogens is 202 g/mol. The first-order chi connectivity index (χ1) is 7.59. The zero-order valence-electron chi connectivity index (χ0n) is 10.6. The van der Waals surface area contributed by atoms with E-state index < -0.39 is 5.97 Å². The molecule has 0 saturated heterocycles. The van der Waals surface area contributed by atoms with E-state index in [-0.39, 0.29) is 6.42 Å². The number of aliphatic carboxylic acids is 1. The van der Waals surface area contributed by atoms with Crippen LogP contribution in [0.1, 0.15) is 52.4 Å². The fraction of sp³-hybridized carbons (Fsp3) is 0.923. The highest BCUT2D eigenvalue weighted by atomic mass is 16.4. The molecule has 0 aromatic carbocycles. The zero-order valence-corrected chi connectivity index (χ0v) is 10.6. The van der Waals surface area contributed by atoms with E-state index in [2.05, 4.69) is 18.7 Å². The molecule has 0 radical (unpaired) electrons. The van der Waals surface area contributed by atoms with Crippen LogP contribution >= 0.6 is 0 Å². The van der Waals surface area contributed by atoms with Gasteiger partial charge in [0.25, 0.3) is 0 Å². The lowest BCUT2D eigenvalue weighted by Gasteiger charge is -2.32. The maximum Gasteiger partial charge on any atom is 0.304 e. The number of carboxylic acid groups (broad SMARTS) is 1. The Labute approximate surface area is 98.8 Å². The Balaban J connectivity index is 2.34. The summed E-state index contributed by atoms with van der Waals surface area (Å²) in [5, 5.41) is 8.72. The number of nitrogens with zero attached hydrogens (tertiary/aromatic N) is 1. The van der Waals surface area contributed by atoms with Gasteiger partial charge in [0.2, 0.25) is 0 Å². The third-order valence-electron chi connectivity index (χ3n) is 3.56. The molecule has 1 rings (SSSR count). The van der Waals surface area contributed by atoms with Crippen LogP contribution in [0.2, 0.25) is 0 Å². The topological polar surface area (TPSA) is 40.5 Å². The molecule has 3 heteroatoms. The molecular formula is C13H25NO2. The summed E-state index contributed by atoms with van der Waals surface area (Å²) in [6, 6.07) is 0.460. The fourth-order valence-corrected chi connectivity index (χ4v) is 2.50. The summed E-state index contributed by atoms with van der Waals surface area (Å²) in [4.78, 5) is 12.9. The summed E-state index contributed by atoms with van der Waals surface area (Å²) in [5.41, 5.74) is 0. The molecule has 0 spiro atoms. The van der Waals surface area contributed by atoms with Crippen LogP contribution in [-0.4, -0.2) is 35.1 Å². The Morgan fingerprint density at radius 1 is 1.31 bits per heavy atom. The average Bonchev–Trinajstić information content (AvgIpc) is 2.25. The van der Waals surface area contributed by atoms with E-state index in [0.717, 1.165) is 12.5 Å². The van der Waals surface area contributed by atoms with Gasteiger partial charge in [0.15, 0.2) is 0 Å². The van der Waals surface area contributed by atoms with Crippen LogP contribution in [0.15, 0.2) is 0 Å². The van der Waals surface area contributed by atoms with Gasteiger partial charge in [0.1, 0.15) is 0 Å². The average molecular weight is 227 g/mol. The Bertz CT molecular complexity index is 210. The standard InChI is InChI=1S/C13H25NO2/c1-11(2)14(9-8-13(15)16)10-12-6-4-3-5-7-12/h11-12H,3-10H2,1-2H3,(H,15,16). The second kappa shape index (κ2) is 6.89. The summed E-state index contributed by atoms with van der Waals surface area (Å²) >= 11 is 0. The van der Waals surface area contributed by atoms with E-state index in [4.69, 9.17) is 5.11 Å². The van der Waals surface area contributed by atoms with Crippen LogP contribution in [-0.2, 0) is 4.79 Å². The van der Waals surface area contributed by atoms with Crippen molar-refractivity contribution >= 4 is 5.97 Å². The van der Waals surface area contributed by atoms with Crippen LogP contribution in [0.4, 0.5) is 0 Å². The highest BCUT2D eigenvalue weighted by molar-refractivity contribution is 5.66. The molecule has 0 aromatic heterocycles. The number of rotatable bonds is 6. The lowest BCUT2D eigenvalue weighted by Crippen LogP contribution is -2.37. The quantitative estimate of drug-likeness (QED) is 0.758. The van der Waals surface area contributed by atoms with Crippen molar-refractivity contribution in [3.05, 3.63) is 0 Å². The Morgan fingerprint density at radius 3 is 2.44 bits per heavy atom. The first-order valence-corrected chi connectivity index (χ1v) is 6.55. The molecule has 0 aromatic rings. The number of carbonyl (C=O) groups is 1. The van der Waals surface area contributed by atoms with Crippen LogP contribution < -0.4 is 0 Å². The third kappa shape index (κ3) is 4.97. The van der Waals surface area contributed by atoms with Crippen LogP contribution in [0.3, 0.4) is 0 Å². The van der Waals surface area contributed by atoms with Crippen molar-refractivity contribution < 1.29 is 9.90 Å². The molecule has 0 atom stereocenters. The van der Waals surface area contributed by atoms with Crippen molar-refractivity contribution in [1.82, 2.24) is 4.90 Å². The molecule has 0 heterocycles. The molecule has 1 aliphatic rings. The normalized spacial score (nSPS) is 18.2. The minimum absolute atomic E-state index is 0.269. The predicted octanol–water partition coefficient (Wildman–Crippen LogP) is 2.75. The van der Waals surface area contributed by atoms with Gasteiger partial charge in [-0.05, 0) is 32.6 Å². The van der Waals surface area contributed by atoms with E-state index in [1.54, 1.807) is 0 Å². The van der Waals surface area contributed by atoms with E-state index >= 15 is 0 Å². The highest BCUT2D eigenvalue weighted by Gasteiger charge is 2.19. The zero-order chi connectivity index (χ0) is 12.0. The predicted molar refractivity (Wildman–Crippen MR) is 65.5 cm³/mol. The van der Waals surface area contributed by atoms with Crippen molar-refractivity contribution in [3.8, 4) is 0 Å². The molecule has 1 N–H and O–H groups in total. The van der Waals surface area contributed by atoms with Crippen LogP contribution in [0.25, 0.3) is 0 Å². The van der Waals surface area contributed by atoms with E-state index in [9.17, 15) is 4.79 Å². The molecule has 1 fully saturated rings. The Kier molecular flexibility index (Phi) is 5.81. The first-order valence-electron chi connectivity index (χ1n) is 6.55. The van der Waals surface area contributed by atoms with Crippen LogP contribution in [0, 0.1) is 5.92 Å². The maximum atomic E-state index is 10.6. The monoisotopic (exact) mass is 227 g/mol. The van der Waals surface area contributed by atoms with Gasteiger partial charge in [0.05, 0.1) is 6.42 Å². The van der Waals surface area contributed by atoms with Gasteiger partial charge in [-0.25, -0.2) is 0 Å². The first kappa shape index (κ1) is 13.5. The fourth-order valence-electron chi connectivity index (χ4n) is 2.50. The summed E-state index contributed by atoms with van der Waals surface area (Å²) in [6.45, 7) is 6.10. The van der Waals surface area contributed by atoms with Gasteiger partial charge < -0.3 is 10.0 Å². The highest BCUT2D eigenvalue weighted by Crippen LogP contribution is 2.25. The molecule has 94 valence electrons. The second-order valence-electron chi connectivity index (χ2n) is 5.24. The van der Waals surface area contributed by atoms with Gasteiger partial charge in [0, 0.05) is 19.1 Å². The van der Waals surface area contributed by atoms with Gasteiger partial charge in [-0.2, -0.15) is 0 Å². The summed E-state index contributed by atoms with van der Waals surface area (Å²) < 4.78 is 0. The number of hydrogen-bond donors (Lipinski definition) is 1. The smallest absolute Gasteiger partial charge is 0.304 e. The SMILES string of the molecule is CC(C)N(CCC(=O)O)CC1CCCCC1. The molecule has 1 saturated carbocycles. The molecule has 0 unspecified atom stereocenters. The van der Waals surface area contributed by atoms with E-state index in [1.165, 1.54) is 32.1 Å². The molecule has 0 bridgehead atoms. The van der Waals surface area contributed by atoms with E-state index in [0.29, 0.717) is 12.6 Å². The van der Waals surface area contributed by atoms with Crippen molar-refractivity contribution in [1.29, 1.82) is 0 Å². The number of carboxylic acids is 1. The van der Waals surface area contributed by atoms with Crippen molar-refractivity contribution in [2.75, 3.05) is 13.1 Å². The number of hydrogen-bond acceptors (Lipinski definition) is 2. The van der Waals surface area contributed by atoms with Gasteiger partial charge >= 0.3 is 5.97 Å².